The van der Waals surface area contributed by atoms with Gasteiger partial charge in [-0.15, -0.1) is 0 Å². The smallest absolute Gasteiger partial charge is 0.407 e. The standard InChI is InChI=1S/C41H61NO7SSi/c1-9-20-35(46-32-33-21-13-10-14-22-33)31-36(49-50(8,44)45)24-19-23-34(42-39(43)48-40(2,3)4)29-30-47-51(41(5,6)7,37-25-15-11-16-26-37)38-27-17-12-18-28-38/h10-18,21-22,25-28,34-36H,9,19-20,23-24,29-32H2,1-8H3,(H,42,43)/t34-,35-,36-/m0/s1. The Morgan fingerprint density at radius 1 is 0.765 bits per heavy atom. The number of ether oxygens (including phenoxy) is 2. The van der Waals surface area contributed by atoms with Crippen LogP contribution in [0.1, 0.15) is 99.0 Å². The summed E-state index contributed by atoms with van der Waals surface area (Å²) in [6.45, 7) is 15.2. The van der Waals surface area contributed by atoms with Crippen LogP contribution in [0, 0.1) is 0 Å². The van der Waals surface area contributed by atoms with Gasteiger partial charge in [-0.2, -0.15) is 8.42 Å². The molecule has 10 heteroatoms. The summed E-state index contributed by atoms with van der Waals surface area (Å²) in [5, 5.41) is 5.29. The van der Waals surface area contributed by atoms with Gasteiger partial charge in [0.15, 0.2) is 0 Å². The third-order valence-electron chi connectivity index (χ3n) is 8.78. The van der Waals surface area contributed by atoms with E-state index in [1.54, 1.807) is 0 Å². The molecule has 3 aromatic rings. The largest absolute Gasteiger partial charge is 0.444 e. The second-order valence-electron chi connectivity index (χ2n) is 15.4. The summed E-state index contributed by atoms with van der Waals surface area (Å²) in [7, 11) is -6.47. The molecule has 51 heavy (non-hydrogen) atoms. The van der Waals surface area contributed by atoms with Gasteiger partial charge in [0.2, 0.25) is 0 Å². The fourth-order valence-electron chi connectivity index (χ4n) is 6.60. The minimum atomic E-state index is -3.70. The lowest BCUT2D eigenvalue weighted by molar-refractivity contribution is 0.00369. The Kier molecular flexibility index (Phi) is 16.4. The number of carbonyl (C=O) groups is 1. The monoisotopic (exact) mass is 739 g/mol. The molecule has 0 unspecified atom stereocenters. The van der Waals surface area contributed by atoms with E-state index >= 15 is 0 Å². The minimum Gasteiger partial charge on any atom is -0.444 e. The molecular formula is C41H61NO7SSi. The first kappa shape index (κ1) is 42.4. The van der Waals surface area contributed by atoms with Crippen LogP contribution in [-0.2, 0) is 34.8 Å². The Labute approximate surface area is 308 Å². The quantitative estimate of drug-likeness (QED) is 0.0923. The fourth-order valence-corrected chi connectivity index (χ4v) is 11.8. The fraction of sp³-hybridized carbons (Fsp3) is 0.537. The number of amides is 1. The number of alkyl carbamates (subject to hydrolysis) is 1. The average molecular weight is 740 g/mol. The summed E-state index contributed by atoms with van der Waals surface area (Å²) in [5.41, 5.74) is 0.415. The number of carbonyl (C=O) groups excluding carboxylic acids is 1. The van der Waals surface area contributed by atoms with E-state index in [0.29, 0.717) is 45.3 Å². The second-order valence-corrected chi connectivity index (χ2v) is 21.3. The van der Waals surface area contributed by atoms with Gasteiger partial charge in [-0.1, -0.05) is 125 Å². The number of nitrogens with one attached hydrogen (secondary N) is 1. The first-order valence-electron chi connectivity index (χ1n) is 18.3. The third kappa shape index (κ3) is 14.5. The van der Waals surface area contributed by atoms with Crippen LogP contribution < -0.4 is 15.7 Å². The van der Waals surface area contributed by atoms with Crippen LogP contribution in [0.2, 0.25) is 5.04 Å². The molecule has 0 heterocycles. The lowest BCUT2D eigenvalue weighted by Crippen LogP contribution is -2.66. The zero-order valence-electron chi connectivity index (χ0n) is 32.0. The lowest BCUT2D eigenvalue weighted by Gasteiger charge is -2.43. The van der Waals surface area contributed by atoms with E-state index in [-0.39, 0.29) is 17.2 Å². The van der Waals surface area contributed by atoms with E-state index in [1.165, 1.54) is 10.4 Å². The van der Waals surface area contributed by atoms with Crippen molar-refractivity contribution in [3.8, 4) is 0 Å². The summed E-state index contributed by atoms with van der Waals surface area (Å²) in [6.07, 6.45) is 4.30. The molecule has 0 aliphatic rings. The van der Waals surface area contributed by atoms with Gasteiger partial charge in [0.25, 0.3) is 18.4 Å². The van der Waals surface area contributed by atoms with Crippen LogP contribution in [0.4, 0.5) is 4.79 Å². The van der Waals surface area contributed by atoms with E-state index in [4.69, 9.17) is 18.1 Å². The number of benzene rings is 3. The molecule has 0 aliphatic heterocycles. The average Bonchev–Trinajstić information content (AvgIpc) is 3.04. The number of hydrogen-bond donors (Lipinski definition) is 1. The van der Waals surface area contributed by atoms with Crippen molar-refractivity contribution in [2.75, 3.05) is 12.9 Å². The Bertz CT molecular complexity index is 1500. The number of hydrogen-bond acceptors (Lipinski definition) is 7. The molecule has 1 amide bonds. The molecule has 0 saturated carbocycles. The Hall–Kier alpha value is -3.02. The Morgan fingerprint density at radius 2 is 1.31 bits per heavy atom. The van der Waals surface area contributed by atoms with Crippen LogP contribution in [0.15, 0.2) is 91.0 Å². The van der Waals surface area contributed by atoms with Crippen molar-refractivity contribution in [1.29, 1.82) is 0 Å². The Balaban J connectivity index is 1.78. The van der Waals surface area contributed by atoms with Gasteiger partial charge in [-0.25, -0.2) is 4.79 Å². The molecule has 8 nitrogen and oxygen atoms in total. The summed E-state index contributed by atoms with van der Waals surface area (Å²) in [5.74, 6) is 0. The highest BCUT2D eigenvalue weighted by molar-refractivity contribution is 7.86. The highest BCUT2D eigenvalue weighted by Gasteiger charge is 2.50. The molecule has 0 fully saturated rings. The SMILES string of the molecule is CCC[C@@H](C[C@H](CCC[C@@H](CCO[Si](c1ccccc1)(c1ccccc1)C(C)(C)C)NC(=O)OC(C)(C)C)OS(C)(=O)=O)OCc1ccccc1. The van der Waals surface area contributed by atoms with Crippen LogP contribution in [-0.4, -0.2) is 59.5 Å². The molecule has 0 bridgehead atoms. The van der Waals surface area contributed by atoms with Gasteiger partial charge < -0.3 is 19.2 Å². The molecule has 3 aromatic carbocycles. The molecule has 3 atom stereocenters. The van der Waals surface area contributed by atoms with E-state index in [2.05, 4.69) is 81.5 Å². The number of rotatable bonds is 20. The van der Waals surface area contributed by atoms with Crippen LogP contribution >= 0.6 is 0 Å². The molecule has 0 saturated heterocycles. The maximum absolute atomic E-state index is 13.0. The van der Waals surface area contributed by atoms with Crippen molar-refractivity contribution >= 4 is 34.9 Å². The molecule has 0 aliphatic carbocycles. The van der Waals surface area contributed by atoms with Crippen molar-refractivity contribution in [1.82, 2.24) is 5.32 Å². The first-order chi connectivity index (χ1) is 24.0. The molecule has 0 spiro atoms. The Morgan fingerprint density at radius 3 is 1.80 bits per heavy atom. The zero-order valence-corrected chi connectivity index (χ0v) is 33.8. The summed E-state index contributed by atoms with van der Waals surface area (Å²) >= 11 is 0. The van der Waals surface area contributed by atoms with Gasteiger partial charge in [-0.05, 0) is 73.9 Å². The summed E-state index contributed by atoms with van der Waals surface area (Å²) in [6, 6.07) is 30.7. The predicted molar refractivity (Wildman–Crippen MR) is 209 cm³/mol. The highest BCUT2D eigenvalue weighted by atomic mass is 32.2. The van der Waals surface area contributed by atoms with Crippen LogP contribution in [0.3, 0.4) is 0 Å². The molecular weight excluding hydrogens is 679 g/mol. The van der Waals surface area contributed by atoms with E-state index in [1.807, 2.05) is 63.2 Å². The zero-order chi connectivity index (χ0) is 37.5. The van der Waals surface area contributed by atoms with Gasteiger partial charge in [0.05, 0.1) is 25.1 Å². The maximum Gasteiger partial charge on any atom is 0.407 e. The topological polar surface area (TPSA) is 100 Å². The third-order valence-corrected chi connectivity index (χ3v) is 14.4. The maximum atomic E-state index is 13.0. The van der Waals surface area contributed by atoms with Gasteiger partial charge >= 0.3 is 6.09 Å². The van der Waals surface area contributed by atoms with Crippen molar-refractivity contribution in [2.45, 2.75) is 129 Å². The highest BCUT2D eigenvalue weighted by Crippen LogP contribution is 2.37. The molecule has 282 valence electrons. The summed E-state index contributed by atoms with van der Waals surface area (Å²) in [4.78, 5) is 13.0. The van der Waals surface area contributed by atoms with Crippen LogP contribution in [0.5, 0.6) is 0 Å². The first-order valence-corrected chi connectivity index (χ1v) is 22.0. The van der Waals surface area contributed by atoms with Gasteiger partial charge in [0, 0.05) is 19.1 Å². The normalized spacial score (nSPS) is 14.4. The predicted octanol–water partition coefficient (Wildman–Crippen LogP) is 8.14. The minimum absolute atomic E-state index is 0.155. The van der Waals surface area contributed by atoms with Gasteiger partial charge in [-0.3, -0.25) is 4.18 Å². The van der Waals surface area contributed by atoms with Crippen LogP contribution in [0.25, 0.3) is 0 Å². The summed E-state index contributed by atoms with van der Waals surface area (Å²) < 4.78 is 49.3. The van der Waals surface area contributed by atoms with Crippen molar-refractivity contribution in [3.05, 3.63) is 96.6 Å². The van der Waals surface area contributed by atoms with Crippen molar-refractivity contribution in [3.63, 3.8) is 0 Å². The second kappa shape index (κ2) is 19.7. The molecule has 0 radical (unpaired) electrons. The lowest BCUT2D eigenvalue weighted by atomic mass is 10.00. The van der Waals surface area contributed by atoms with Crippen molar-refractivity contribution < 1.29 is 31.3 Å². The molecule has 0 aromatic heterocycles. The molecule has 3 rings (SSSR count). The van der Waals surface area contributed by atoms with Gasteiger partial charge in [0.1, 0.15) is 5.60 Å². The van der Waals surface area contributed by atoms with E-state index in [9.17, 15) is 13.2 Å². The van der Waals surface area contributed by atoms with Crippen molar-refractivity contribution in [2.24, 2.45) is 0 Å². The van der Waals surface area contributed by atoms with E-state index < -0.39 is 36.2 Å². The van der Waals surface area contributed by atoms with E-state index in [0.717, 1.165) is 24.7 Å². The molecule has 1 N–H and O–H groups in total.